The minimum atomic E-state index is -0.210. The first-order valence-electron chi connectivity index (χ1n) is 13.3. The number of nitrogens with zero attached hydrogens (tertiary/aromatic N) is 5. The second-order valence-electron chi connectivity index (χ2n) is 9.70. The second-order valence-corrected chi connectivity index (χ2v) is 9.70. The van der Waals surface area contributed by atoms with Crippen molar-refractivity contribution in [2.24, 2.45) is 5.73 Å². The van der Waals surface area contributed by atoms with E-state index in [1.54, 1.807) is 33.6 Å². The van der Waals surface area contributed by atoms with Crippen LogP contribution in [-0.4, -0.2) is 42.2 Å². The van der Waals surface area contributed by atoms with E-state index in [9.17, 15) is 15.0 Å². The number of aliphatic hydroxyl groups is 1. The molecule has 3 heterocycles. The first-order valence-corrected chi connectivity index (χ1v) is 13.3. The topological polar surface area (TPSA) is 130 Å². The van der Waals surface area contributed by atoms with Crippen molar-refractivity contribution in [3.05, 3.63) is 109 Å². The highest BCUT2D eigenvalue weighted by molar-refractivity contribution is 5.98. The van der Waals surface area contributed by atoms with Crippen molar-refractivity contribution in [2.75, 3.05) is 11.4 Å². The first kappa shape index (κ1) is 26.1. The molecule has 4 N–H and O–H groups in total. The summed E-state index contributed by atoms with van der Waals surface area (Å²) in [7, 11) is 0. The van der Waals surface area contributed by atoms with Gasteiger partial charge in [0.05, 0.1) is 17.8 Å². The SMILES string of the molecule is NCCC(=O)N(Cc1ccc(-c2nc3ccn4c(CO)nnc4c3cc2-c2ccccc2)cc1)c1ccc(O)cc1. The average Bonchev–Trinajstić information content (AvgIpc) is 3.44. The number of aliphatic hydroxyl groups excluding tert-OH is 1. The molecule has 0 aliphatic rings. The molecule has 6 aromatic rings. The highest BCUT2D eigenvalue weighted by Gasteiger charge is 2.18. The van der Waals surface area contributed by atoms with Gasteiger partial charge in [0, 0.05) is 41.4 Å². The van der Waals surface area contributed by atoms with Gasteiger partial charge in [0.25, 0.3) is 0 Å². The molecule has 0 aliphatic heterocycles. The minimum Gasteiger partial charge on any atom is -0.508 e. The smallest absolute Gasteiger partial charge is 0.228 e. The summed E-state index contributed by atoms with van der Waals surface area (Å²) >= 11 is 0. The van der Waals surface area contributed by atoms with Gasteiger partial charge in [-0.1, -0.05) is 54.6 Å². The fourth-order valence-corrected chi connectivity index (χ4v) is 4.97. The molecule has 41 heavy (non-hydrogen) atoms. The van der Waals surface area contributed by atoms with E-state index < -0.39 is 0 Å². The standard InChI is InChI=1S/C32H28N6O3/c33-16-14-30(41)38(24-10-12-25(40)13-11-24)19-21-6-8-23(9-7-21)31-26(22-4-2-1-3-5-22)18-27-28(34-31)15-17-37-29(20-39)35-36-32(27)37/h1-13,15,17-18,39-40H,14,16,19-20,33H2. The summed E-state index contributed by atoms with van der Waals surface area (Å²) in [6.45, 7) is 0.404. The van der Waals surface area contributed by atoms with Crippen LogP contribution in [0.2, 0.25) is 0 Å². The van der Waals surface area contributed by atoms with Crippen molar-refractivity contribution >= 4 is 28.1 Å². The number of benzene rings is 3. The normalized spacial score (nSPS) is 11.3. The fourth-order valence-electron chi connectivity index (χ4n) is 4.97. The van der Waals surface area contributed by atoms with E-state index in [1.807, 2.05) is 66.9 Å². The highest BCUT2D eigenvalue weighted by atomic mass is 16.3. The lowest BCUT2D eigenvalue weighted by Gasteiger charge is -2.23. The van der Waals surface area contributed by atoms with Crippen molar-refractivity contribution in [1.29, 1.82) is 0 Å². The molecule has 6 rings (SSSR count). The number of nitrogens with two attached hydrogens (primary N) is 1. The van der Waals surface area contributed by atoms with Crippen LogP contribution < -0.4 is 10.6 Å². The number of amides is 1. The number of hydrogen-bond acceptors (Lipinski definition) is 7. The van der Waals surface area contributed by atoms with Crippen LogP contribution >= 0.6 is 0 Å². The number of pyridine rings is 2. The summed E-state index contributed by atoms with van der Waals surface area (Å²) in [6, 6.07) is 28.6. The van der Waals surface area contributed by atoms with E-state index in [-0.39, 0.29) is 31.2 Å². The molecule has 0 atom stereocenters. The van der Waals surface area contributed by atoms with Crippen molar-refractivity contribution in [2.45, 2.75) is 19.6 Å². The third-order valence-corrected chi connectivity index (χ3v) is 7.06. The molecule has 3 aromatic carbocycles. The number of anilines is 1. The van der Waals surface area contributed by atoms with E-state index in [2.05, 4.69) is 16.3 Å². The molecule has 9 heteroatoms. The van der Waals surface area contributed by atoms with Gasteiger partial charge >= 0.3 is 0 Å². The third-order valence-electron chi connectivity index (χ3n) is 7.06. The van der Waals surface area contributed by atoms with Crippen LogP contribution in [0.25, 0.3) is 38.9 Å². The van der Waals surface area contributed by atoms with Crippen LogP contribution in [-0.2, 0) is 17.9 Å². The summed E-state index contributed by atoms with van der Waals surface area (Å²) in [4.78, 5) is 19.6. The molecule has 9 nitrogen and oxygen atoms in total. The van der Waals surface area contributed by atoms with Crippen molar-refractivity contribution in [1.82, 2.24) is 19.6 Å². The number of aromatic hydroxyl groups is 1. The van der Waals surface area contributed by atoms with Crippen molar-refractivity contribution < 1.29 is 15.0 Å². The van der Waals surface area contributed by atoms with Gasteiger partial charge in [-0.2, -0.15) is 0 Å². The van der Waals surface area contributed by atoms with E-state index in [4.69, 9.17) is 10.7 Å². The Kier molecular flexibility index (Phi) is 7.11. The lowest BCUT2D eigenvalue weighted by molar-refractivity contribution is -0.118. The summed E-state index contributed by atoms with van der Waals surface area (Å²) < 4.78 is 1.78. The molecule has 1 amide bonds. The molecular formula is C32H28N6O3. The Labute approximate surface area is 236 Å². The van der Waals surface area contributed by atoms with Gasteiger partial charge in [-0.05, 0) is 47.5 Å². The number of rotatable bonds is 8. The molecule has 0 radical (unpaired) electrons. The Hall–Kier alpha value is -5.12. The summed E-state index contributed by atoms with van der Waals surface area (Å²) in [5.41, 5.74) is 12.4. The Bertz CT molecular complexity index is 1830. The molecule has 0 saturated carbocycles. The molecular weight excluding hydrogens is 516 g/mol. The zero-order valence-corrected chi connectivity index (χ0v) is 22.2. The largest absolute Gasteiger partial charge is 0.508 e. The van der Waals surface area contributed by atoms with Crippen molar-refractivity contribution in [3.63, 3.8) is 0 Å². The summed E-state index contributed by atoms with van der Waals surface area (Å²) in [5.74, 6) is 0.517. The Morgan fingerprint density at radius 1 is 0.902 bits per heavy atom. The molecule has 0 bridgehead atoms. The van der Waals surface area contributed by atoms with Gasteiger partial charge in [0.1, 0.15) is 12.4 Å². The lowest BCUT2D eigenvalue weighted by atomic mass is 9.97. The van der Waals surface area contributed by atoms with Crippen LogP contribution in [0.5, 0.6) is 5.75 Å². The molecule has 3 aromatic heterocycles. The number of carbonyl (C=O) groups is 1. The maximum absolute atomic E-state index is 12.9. The highest BCUT2D eigenvalue weighted by Crippen LogP contribution is 2.35. The minimum absolute atomic E-state index is 0.0889. The number of aromatic nitrogens is 4. The number of hydrogen-bond donors (Lipinski definition) is 3. The second kappa shape index (κ2) is 11.2. The summed E-state index contributed by atoms with van der Waals surface area (Å²) in [6.07, 6.45) is 2.04. The van der Waals surface area contributed by atoms with Crippen LogP contribution in [0, 0.1) is 0 Å². The predicted molar refractivity (Wildman–Crippen MR) is 158 cm³/mol. The van der Waals surface area contributed by atoms with Gasteiger partial charge in [0.2, 0.25) is 5.91 Å². The predicted octanol–water partition coefficient (Wildman–Crippen LogP) is 4.69. The van der Waals surface area contributed by atoms with Gasteiger partial charge in [0.15, 0.2) is 11.5 Å². The van der Waals surface area contributed by atoms with E-state index >= 15 is 0 Å². The fraction of sp³-hybridized carbons (Fsp3) is 0.125. The third kappa shape index (κ3) is 5.11. The Morgan fingerprint density at radius 3 is 2.37 bits per heavy atom. The lowest BCUT2D eigenvalue weighted by Crippen LogP contribution is -2.31. The Morgan fingerprint density at radius 2 is 1.66 bits per heavy atom. The van der Waals surface area contributed by atoms with Crippen LogP contribution in [0.3, 0.4) is 0 Å². The van der Waals surface area contributed by atoms with Crippen molar-refractivity contribution in [3.8, 4) is 28.1 Å². The van der Waals surface area contributed by atoms with E-state index in [1.165, 1.54) is 0 Å². The molecule has 0 unspecified atom stereocenters. The molecule has 204 valence electrons. The van der Waals surface area contributed by atoms with E-state index in [0.29, 0.717) is 23.7 Å². The van der Waals surface area contributed by atoms with Gasteiger partial charge in [-0.3, -0.25) is 9.20 Å². The monoisotopic (exact) mass is 544 g/mol. The molecule has 0 saturated heterocycles. The number of phenols is 1. The van der Waals surface area contributed by atoms with Gasteiger partial charge < -0.3 is 20.8 Å². The van der Waals surface area contributed by atoms with Crippen LogP contribution in [0.15, 0.2) is 97.2 Å². The zero-order chi connectivity index (χ0) is 28.3. The summed E-state index contributed by atoms with van der Waals surface area (Å²) in [5, 5.41) is 28.6. The number of phenolic OH excluding ortho intramolecular Hbond substituents is 1. The molecule has 0 fully saturated rings. The zero-order valence-electron chi connectivity index (χ0n) is 22.2. The first-order chi connectivity index (χ1) is 20.1. The number of carbonyl (C=O) groups excluding carboxylic acids is 1. The quantitative estimate of drug-likeness (QED) is 0.253. The maximum Gasteiger partial charge on any atom is 0.228 e. The Balaban J connectivity index is 1.41. The van der Waals surface area contributed by atoms with Crippen LogP contribution in [0.1, 0.15) is 17.8 Å². The van der Waals surface area contributed by atoms with E-state index in [0.717, 1.165) is 38.9 Å². The average molecular weight is 545 g/mol. The van der Waals surface area contributed by atoms with Crippen LogP contribution in [0.4, 0.5) is 5.69 Å². The number of fused-ring (bicyclic) bond motifs is 3. The van der Waals surface area contributed by atoms with Gasteiger partial charge in [-0.25, -0.2) is 4.98 Å². The molecule has 0 spiro atoms. The maximum atomic E-state index is 12.9. The van der Waals surface area contributed by atoms with Gasteiger partial charge in [-0.15, -0.1) is 10.2 Å². The molecule has 0 aliphatic carbocycles.